The minimum atomic E-state index is -0.790. The number of carbonyl (C=O) groups excluding carboxylic acids is 2. The summed E-state index contributed by atoms with van der Waals surface area (Å²) in [5, 5.41) is 0. The third kappa shape index (κ3) is 5.23. The number of para-hydroxylation sites is 1. The molecule has 128 valence electrons. The second-order valence-corrected chi connectivity index (χ2v) is 6.64. The first-order valence-corrected chi connectivity index (χ1v) is 8.47. The normalized spacial score (nSPS) is 13.6. The van der Waals surface area contributed by atoms with Crippen LogP contribution in [0.15, 0.2) is 30.3 Å². The molecule has 1 rings (SSSR count). The highest BCUT2D eigenvalue weighted by Gasteiger charge is 2.38. The number of rotatable bonds is 7. The maximum absolute atomic E-state index is 12.6. The lowest BCUT2D eigenvalue weighted by Gasteiger charge is -2.37. The van der Waals surface area contributed by atoms with Crippen LogP contribution in [0.4, 0.5) is 5.69 Å². The molecule has 0 aliphatic heterocycles. The summed E-state index contributed by atoms with van der Waals surface area (Å²) in [5.74, 6) is -0.907. The zero-order valence-corrected chi connectivity index (χ0v) is 15.7. The van der Waals surface area contributed by atoms with Crippen LogP contribution in [0.2, 0.25) is 0 Å². The predicted molar refractivity (Wildman–Crippen MR) is 93.5 cm³/mol. The number of hydrogen-bond acceptors (Lipinski definition) is 5. The monoisotopic (exact) mass is 385 g/mol. The summed E-state index contributed by atoms with van der Waals surface area (Å²) in [6.07, 6.45) is -0.228. The Balaban J connectivity index is 3.28. The zero-order chi connectivity index (χ0) is 17.6. The molecule has 0 amide bonds. The van der Waals surface area contributed by atoms with Crippen LogP contribution in [0.25, 0.3) is 0 Å². The fraction of sp³-hybridized carbons (Fsp3) is 0.529. The van der Waals surface area contributed by atoms with Gasteiger partial charge in [0.15, 0.2) is 4.95 Å². The molecule has 0 saturated carbocycles. The minimum Gasteiger partial charge on any atom is -0.467 e. The third-order valence-electron chi connectivity index (χ3n) is 3.22. The van der Waals surface area contributed by atoms with Crippen molar-refractivity contribution >= 4 is 33.6 Å². The Hall–Kier alpha value is -1.56. The molecule has 1 aromatic carbocycles. The summed E-state index contributed by atoms with van der Waals surface area (Å²) < 4.78 is 10.2. The van der Waals surface area contributed by atoms with Gasteiger partial charge in [0, 0.05) is 5.69 Å². The van der Waals surface area contributed by atoms with E-state index in [1.165, 1.54) is 7.11 Å². The molecule has 0 spiro atoms. The topological polar surface area (TPSA) is 55.8 Å². The van der Waals surface area contributed by atoms with Gasteiger partial charge in [-0.25, -0.2) is 9.59 Å². The fourth-order valence-electron chi connectivity index (χ4n) is 2.25. The van der Waals surface area contributed by atoms with Gasteiger partial charge in [0.1, 0.15) is 6.04 Å². The van der Waals surface area contributed by atoms with Gasteiger partial charge in [-0.1, -0.05) is 48.0 Å². The van der Waals surface area contributed by atoms with Gasteiger partial charge in [0.2, 0.25) is 0 Å². The van der Waals surface area contributed by atoms with E-state index in [0.29, 0.717) is 0 Å². The zero-order valence-electron chi connectivity index (χ0n) is 14.2. The molecule has 2 atom stereocenters. The lowest BCUT2D eigenvalue weighted by Crippen LogP contribution is -2.52. The molecule has 6 heteroatoms. The maximum Gasteiger partial charge on any atom is 0.339 e. The first kappa shape index (κ1) is 19.5. The molecule has 0 aromatic heterocycles. The number of hydrogen-bond donors (Lipinski definition) is 0. The molecule has 0 bridgehead atoms. The molecule has 0 N–H and O–H groups in total. The van der Waals surface area contributed by atoms with Crippen molar-refractivity contribution in [3.05, 3.63) is 30.3 Å². The van der Waals surface area contributed by atoms with E-state index in [-0.39, 0.29) is 18.0 Å². The van der Waals surface area contributed by atoms with Crippen molar-refractivity contribution in [3.63, 3.8) is 0 Å². The summed E-state index contributed by atoms with van der Waals surface area (Å²) in [6.45, 7) is 7.43. The molecule has 0 fully saturated rings. The molecule has 2 unspecified atom stereocenters. The van der Waals surface area contributed by atoms with Crippen LogP contribution in [0.3, 0.4) is 0 Å². The lowest BCUT2D eigenvalue weighted by molar-refractivity contribution is -0.150. The van der Waals surface area contributed by atoms with Crippen molar-refractivity contribution in [1.29, 1.82) is 0 Å². The van der Waals surface area contributed by atoms with E-state index in [0.717, 1.165) is 5.69 Å². The lowest BCUT2D eigenvalue weighted by atomic mass is 10.0. The summed E-state index contributed by atoms with van der Waals surface area (Å²) >= 11 is 3.35. The minimum absolute atomic E-state index is 0.0637. The number of alkyl halides is 1. The fourth-order valence-corrected chi connectivity index (χ4v) is 2.93. The van der Waals surface area contributed by atoms with E-state index in [2.05, 4.69) is 15.9 Å². The van der Waals surface area contributed by atoms with E-state index in [9.17, 15) is 9.59 Å². The quantitative estimate of drug-likeness (QED) is 0.409. The van der Waals surface area contributed by atoms with Gasteiger partial charge in [-0.3, -0.25) is 0 Å². The van der Waals surface area contributed by atoms with Crippen LogP contribution in [0, 0.1) is 5.92 Å². The number of halogens is 1. The number of benzene rings is 1. The molecular weight excluding hydrogens is 362 g/mol. The van der Waals surface area contributed by atoms with Crippen molar-refractivity contribution < 1.29 is 19.1 Å². The average Bonchev–Trinajstić information content (AvgIpc) is 2.50. The van der Waals surface area contributed by atoms with E-state index in [1.807, 2.05) is 44.2 Å². The number of carbonyl (C=O) groups is 2. The molecule has 0 radical (unpaired) electrons. The van der Waals surface area contributed by atoms with Crippen molar-refractivity contribution in [2.75, 3.05) is 12.0 Å². The summed E-state index contributed by atoms with van der Waals surface area (Å²) in [7, 11) is 1.32. The molecule has 1 aromatic rings. The van der Waals surface area contributed by atoms with Gasteiger partial charge < -0.3 is 14.4 Å². The Morgan fingerprint density at radius 3 is 2.04 bits per heavy atom. The molecule has 0 aliphatic carbocycles. The van der Waals surface area contributed by atoms with E-state index < -0.39 is 17.0 Å². The second kappa shape index (κ2) is 8.91. The number of nitrogens with zero attached hydrogens (tertiary/aromatic N) is 1. The number of ether oxygens (including phenoxy) is 2. The first-order chi connectivity index (χ1) is 10.8. The second-order valence-electron chi connectivity index (χ2n) is 5.78. The van der Waals surface area contributed by atoms with Crippen LogP contribution in [0.1, 0.15) is 27.7 Å². The van der Waals surface area contributed by atoms with Gasteiger partial charge in [0.05, 0.1) is 13.2 Å². The molecule has 23 heavy (non-hydrogen) atoms. The largest absolute Gasteiger partial charge is 0.467 e. The number of esters is 2. The van der Waals surface area contributed by atoms with Crippen molar-refractivity contribution in [1.82, 2.24) is 0 Å². The standard InChI is InChI=1S/C17H24BrNO4/c1-11(2)14(16(20)23-12(3)4)19(15(18)17(21)22-5)13-9-7-6-8-10-13/h6-12,14-15H,1-5H3. The Morgan fingerprint density at radius 2 is 1.61 bits per heavy atom. The molecule has 5 nitrogen and oxygen atoms in total. The molecule has 0 saturated heterocycles. The van der Waals surface area contributed by atoms with Gasteiger partial charge >= 0.3 is 11.9 Å². The van der Waals surface area contributed by atoms with Gasteiger partial charge in [-0.2, -0.15) is 0 Å². The Labute approximate surface area is 146 Å². The predicted octanol–water partition coefficient (Wildman–Crippen LogP) is 3.36. The van der Waals surface area contributed by atoms with E-state index in [4.69, 9.17) is 9.47 Å². The highest BCUT2D eigenvalue weighted by molar-refractivity contribution is 9.10. The first-order valence-electron chi connectivity index (χ1n) is 7.55. The van der Waals surface area contributed by atoms with Crippen LogP contribution < -0.4 is 4.90 Å². The van der Waals surface area contributed by atoms with Crippen molar-refractivity contribution in [2.24, 2.45) is 5.92 Å². The van der Waals surface area contributed by atoms with Crippen molar-refractivity contribution in [3.8, 4) is 0 Å². The number of anilines is 1. The van der Waals surface area contributed by atoms with Gasteiger partial charge in [-0.05, 0) is 31.9 Å². The molecular formula is C17H24BrNO4. The number of methoxy groups -OCH3 is 1. The van der Waals surface area contributed by atoms with Crippen LogP contribution in [-0.2, 0) is 19.1 Å². The van der Waals surface area contributed by atoms with Crippen LogP contribution in [-0.4, -0.2) is 36.1 Å². The van der Waals surface area contributed by atoms with Crippen LogP contribution >= 0.6 is 15.9 Å². The van der Waals surface area contributed by atoms with Crippen LogP contribution in [0.5, 0.6) is 0 Å². The van der Waals surface area contributed by atoms with E-state index >= 15 is 0 Å². The van der Waals surface area contributed by atoms with Crippen molar-refractivity contribution in [2.45, 2.75) is 44.8 Å². The summed E-state index contributed by atoms with van der Waals surface area (Å²) in [4.78, 5) is 25.5. The van der Waals surface area contributed by atoms with Gasteiger partial charge in [0.25, 0.3) is 0 Å². The Bertz CT molecular complexity index is 519. The summed E-state index contributed by atoms with van der Waals surface area (Å²) in [6, 6.07) is 8.64. The van der Waals surface area contributed by atoms with Gasteiger partial charge in [-0.15, -0.1) is 0 Å². The highest BCUT2D eigenvalue weighted by Crippen LogP contribution is 2.28. The smallest absolute Gasteiger partial charge is 0.339 e. The average molecular weight is 386 g/mol. The summed E-state index contributed by atoms with van der Waals surface area (Å²) in [5.41, 5.74) is 0.735. The highest BCUT2D eigenvalue weighted by atomic mass is 79.9. The Kier molecular flexibility index (Phi) is 7.55. The SMILES string of the molecule is COC(=O)C(Br)N(c1ccccc1)C(C(=O)OC(C)C)C(C)C. The maximum atomic E-state index is 12.6. The molecule has 0 aliphatic rings. The molecule has 0 heterocycles. The van der Waals surface area contributed by atoms with E-state index in [1.54, 1.807) is 18.7 Å². The third-order valence-corrected chi connectivity index (χ3v) is 4.03. The Morgan fingerprint density at radius 1 is 1.04 bits per heavy atom.